The molecule has 0 bridgehead atoms. The summed E-state index contributed by atoms with van der Waals surface area (Å²) < 4.78 is 0. The maximum atomic E-state index is 3.56. The molecule has 1 aliphatic heterocycles. The van der Waals surface area contributed by atoms with Crippen LogP contribution < -0.4 is 5.32 Å². The molecule has 0 aromatic heterocycles. The van der Waals surface area contributed by atoms with Crippen LogP contribution in [0, 0.1) is 0 Å². The van der Waals surface area contributed by atoms with Crippen LogP contribution in [0.3, 0.4) is 0 Å². The molecule has 1 heterocycles. The summed E-state index contributed by atoms with van der Waals surface area (Å²) in [6.45, 7) is 6.82. The molecule has 2 rings (SSSR count). The van der Waals surface area contributed by atoms with Crippen LogP contribution in [0.5, 0.6) is 0 Å². The number of likely N-dealkylation sites (N-methyl/N-ethyl adjacent to an activating group) is 1. The van der Waals surface area contributed by atoms with Gasteiger partial charge in [-0.25, -0.2) is 0 Å². The Kier molecular flexibility index (Phi) is 4.37. The Balaban J connectivity index is 1.85. The number of hydrogen-bond donors (Lipinski definition) is 1. The third kappa shape index (κ3) is 3.32. The zero-order chi connectivity index (χ0) is 11.2. The number of nitrogens with one attached hydrogen (secondary N) is 1. The van der Waals surface area contributed by atoms with Crippen molar-refractivity contribution in [2.45, 2.75) is 32.4 Å². The van der Waals surface area contributed by atoms with Crippen LogP contribution in [-0.2, 0) is 6.54 Å². The molecule has 1 aromatic carbocycles. The largest absolute Gasteiger partial charge is 0.313 e. The van der Waals surface area contributed by atoms with Crippen LogP contribution in [0.1, 0.15) is 25.3 Å². The van der Waals surface area contributed by atoms with Gasteiger partial charge in [0, 0.05) is 19.1 Å². The molecular formula is C14H22N2. The van der Waals surface area contributed by atoms with Crippen LogP contribution in [-0.4, -0.2) is 30.6 Å². The van der Waals surface area contributed by atoms with Gasteiger partial charge in [0.15, 0.2) is 0 Å². The predicted octanol–water partition coefficient (Wildman–Crippen LogP) is 2.26. The molecular weight excluding hydrogens is 196 g/mol. The first kappa shape index (κ1) is 11.6. The molecule has 88 valence electrons. The average molecular weight is 218 g/mol. The number of piperidine rings is 1. The molecule has 0 aliphatic carbocycles. The highest BCUT2D eigenvalue weighted by atomic mass is 15.2. The summed E-state index contributed by atoms with van der Waals surface area (Å²) in [6, 6.07) is 11.5. The van der Waals surface area contributed by atoms with Crippen molar-refractivity contribution in [3.8, 4) is 0 Å². The van der Waals surface area contributed by atoms with Gasteiger partial charge in [0.05, 0.1) is 0 Å². The number of hydrogen-bond acceptors (Lipinski definition) is 2. The fourth-order valence-corrected chi connectivity index (χ4v) is 2.50. The van der Waals surface area contributed by atoms with Gasteiger partial charge in [-0.1, -0.05) is 37.3 Å². The second-order valence-corrected chi connectivity index (χ2v) is 4.62. The van der Waals surface area contributed by atoms with Crippen molar-refractivity contribution in [3.63, 3.8) is 0 Å². The van der Waals surface area contributed by atoms with Crippen LogP contribution in [0.2, 0.25) is 0 Å². The van der Waals surface area contributed by atoms with Crippen molar-refractivity contribution in [3.05, 3.63) is 35.9 Å². The first-order valence-electron chi connectivity index (χ1n) is 6.38. The van der Waals surface area contributed by atoms with Gasteiger partial charge in [0.25, 0.3) is 0 Å². The smallest absolute Gasteiger partial charge is 0.0234 e. The van der Waals surface area contributed by atoms with Crippen LogP contribution in [0.4, 0.5) is 0 Å². The highest BCUT2D eigenvalue weighted by molar-refractivity contribution is 5.14. The van der Waals surface area contributed by atoms with Gasteiger partial charge in [0.1, 0.15) is 0 Å². The van der Waals surface area contributed by atoms with E-state index >= 15 is 0 Å². The van der Waals surface area contributed by atoms with E-state index in [-0.39, 0.29) is 0 Å². The maximum absolute atomic E-state index is 3.56. The van der Waals surface area contributed by atoms with Gasteiger partial charge in [-0.15, -0.1) is 0 Å². The van der Waals surface area contributed by atoms with Gasteiger partial charge in [-0.3, -0.25) is 4.90 Å². The Hall–Kier alpha value is -0.860. The Bertz CT molecular complexity index is 295. The lowest BCUT2D eigenvalue weighted by atomic mass is 10.0. The van der Waals surface area contributed by atoms with Crippen molar-refractivity contribution in [2.75, 3.05) is 19.6 Å². The zero-order valence-electron chi connectivity index (χ0n) is 10.2. The fourth-order valence-electron chi connectivity index (χ4n) is 2.50. The molecule has 1 N–H and O–H groups in total. The van der Waals surface area contributed by atoms with Gasteiger partial charge in [-0.2, -0.15) is 0 Å². The van der Waals surface area contributed by atoms with Crippen molar-refractivity contribution in [1.82, 2.24) is 10.2 Å². The van der Waals surface area contributed by atoms with E-state index in [0.717, 1.165) is 13.1 Å². The van der Waals surface area contributed by atoms with Crippen LogP contribution in [0.25, 0.3) is 0 Å². The standard InChI is InChI=1S/C14H22N2/c1-2-15-14-9-6-10-16(12-14)11-13-7-4-3-5-8-13/h3-5,7-8,14-15H,2,6,9-12H2,1H3/t14-/m1/s1. The number of rotatable bonds is 4. The normalized spacial score (nSPS) is 22.2. The van der Waals surface area contributed by atoms with E-state index in [1.54, 1.807) is 0 Å². The molecule has 16 heavy (non-hydrogen) atoms. The van der Waals surface area contributed by atoms with Crippen LogP contribution >= 0.6 is 0 Å². The SMILES string of the molecule is CCN[C@@H]1CCCN(Cc2ccccc2)C1. The Morgan fingerprint density at radius 3 is 2.88 bits per heavy atom. The fraction of sp³-hybridized carbons (Fsp3) is 0.571. The lowest BCUT2D eigenvalue weighted by Crippen LogP contribution is -2.45. The zero-order valence-corrected chi connectivity index (χ0v) is 10.2. The number of nitrogens with zero attached hydrogens (tertiary/aromatic N) is 1. The van der Waals surface area contributed by atoms with Gasteiger partial charge in [-0.05, 0) is 31.5 Å². The second-order valence-electron chi connectivity index (χ2n) is 4.62. The number of likely N-dealkylation sites (tertiary alicyclic amines) is 1. The van der Waals surface area contributed by atoms with Crippen molar-refractivity contribution in [1.29, 1.82) is 0 Å². The van der Waals surface area contributed by atoms with E-state index in [9.17, 15) is 0 Å². The van der Waals surface area contributed by atoms with Crippen molar-refractivity contribution >= 4 is 0 Å². The monoisotopic (exact) mass is 218 g/mol. The van der Waals surface area contributed by atoms with E-state index in [2.05, 4.69) is 47.5 Å². The summed E-state index contributed by atoms with van der Waals surface area (Å²) in [7, 11) is 0. The van der Waals surface area contributed by atoms with E-state index in [1.165, 1.54) is 31.5 Å². The molecule has 1 atom stereocenters. The van der Waals surface area contributed by atoms with E-state index < -0.39 is 0 Å². The molecule has 0 saturated carbocycles. The molecule has 0 unspecified atom stereocenters. The number of benzene rings is 1. The van der Waals surface area contributed by atoms with Crippen molar-refractivity contribution < 1.29 is 0 Å². The van der Waals surface area contributed by atoms with Gasteiger partial charge < -0.3 is 5.32 Å². The van der Waals surface area contributed by atoms with Gasteiger partial charge in [0.2, 0.25) is 0 Å². The second kappa shape index (κ2) is 6.02. The maximum Gasteiger partial charge on any atom is 0.0234 e. The molecule has 1 fully saturated rings. The minimum absolute atomic E-state index is 0.697. The van der Waals surface area contributed by atoms with E-state index in [0.29, 0.717) is 6.04 Å². The lowest BCUT2D eigenvalue weighted by Gasteiger charge is -2.33. The summed E-state index contributed by atoms with van der Waals surface area (Å²) in [5.74, 6) is 0. The van der Waals surface area contributed by atoms with E-state index in [4.69, 9.17) is 0 Å². The first-order valence-corrected chi connectivity index (χ1v) is 6.38. The molecule has 1 aromatic rings. The molecule has 2 nitrogen and oxygen atoms in total. The van der Waals surface area contributed by atoms with Gasteiger partial charge >= 0.3 is 0 Å². The first-order chi connectivity index (χ1) is 7.88. The van der Waals surface area contributed by atoms with Crippen molar-refractivity contribution in [2.24, 2.45) is 0 Å². The Morgan fingerprint density at radius 1 is 1.31 bits per heavy atom. The predicted molar refractivity (Wildman–Crippen MR) is 68.4 cm³/mol. The van der Waals surface area contributed by atoms with E-state index in [1.807, 2.05) is 0 Å². The highest BCUT2D eigenvalue weighted by Crippen LogP contribution is 2.13. The minimum Gasteiger partial charge on any atom is -0.313 e. The molecule has 0 radical (unpaired) electrons. The lowest BCUT2D eigenvalue weighted by molar-refractivity contribution is 0.184. The molecule has 0 spiro atoms. The quantitative estimate of drug-likeness (QED) is 0.834. The molecule has 0 amide bonds. The summed E-state index contributed by atoms with van der Waals surface area (Å²) in [5, 5.41) is 3.56. The summed E-state index contributed by atoms with van der Waals surface area (Å²) in [4.78, 5) is 2.56. The Morgan fingerprint density at radius 2 is 2.12 bits per heavy atom. The summed E-state index contributed by atoms with van der Waals surface area (Å²) in [6.07, 6.45) is 2.66. The Labute approximate surface area is 98.7 Å². The van der Waals surface area contributed by atoms with Crippen LogP contribution in [0.15, 0.2) is 30.3 Å². The summed E-state index contributed by atoms with van der Waals surface area (Å²) in [5.41, 5.74) is 1.43. The molecule has 1 saturated heterocycles. The summed E-state index contributed by atoms with van der Waals surface area (Å²) >= 11 is 0. The topological polar surface area (TPSA) is 15.3 Å². The third-order valence-corrected chi connectivity index (χ3v) is 3.25. The molecule has 1 aliphatic rings. The third-order valence-electron chi connectivity index (χ3n) is 3.25. The minimum atomic E-state index is 0.697. The average Bonchev–Trinajstić information content (AvgIpc) is 2.31. The highest BCUT2D eigenvalue weighted by Gasteiger charge is 2.18. The molecule has 2 heteroatoms.